The summed E-state index contributed by atoms with van der Waals surface area (Å²) in [5.74, 6) is 1.30. The van der Waals surface area contributed by atoms with Crippen LogP contribution in [0.25, 0.3) is 0 Å². The summed E-state index contributed by atoms with van der Waals surface area (Å²) in [4.78, 5) is 9.00. The first-order valence-corrected chi connectivity index (χ1v) is 2.89. The zero-order chi connectivity index (χ0) is 9.49. The molecule has 0 saturated carbocycles. The van der Waals surface area contributed by atoms with Crippen LogP contribution < -0.4 is 0 Å². The lowest BCUT2D eigenvalue weighted by Crippen LogP contribution is -2.15. The monoisotopic (exact) mass is 156 g/mol. The Kier molecular flexibility index (Phi) is 6.22. The highest BCUT2D eigenvalue weighted by Gasteiger charge is 2.07. The molecule has 1 atom stereocenters. The molecule has 0 rings (SSSR count). The highest BCUT2D eigenvalue weighted by molar-refractivity contribution is 5.62. The molecule has 0 amide bonds. The van der Waals surface area contributed by atoms with Gasteiger partial charge >= 0.3 is 0 Å². The third kappa shape index (κ3) is 17.7. The number of carboxylic acids is 1. The highest BCUT2D eigenvalue weighted by Crippen LogP contribution is 1.98. The summed E-state index contributed by atoms with van der Waals surface area (Å²) < 4.78 is 0. The van der Waals surface area contributed by atoms with Crippen molar-refractivity contribution in [2.24, 2.45) is 0 Å². The Morgan fingerprint density at radius 1 is 1.82 bits per heavy atom. The summed E-state index contributed by atoms with van der Waals surface area (Å²) in [6, 6.07) is 0. The van der Waals surface area contributed by atoms with E-state index < -0.39 is 11.6 Å². The van der Waals surface area contributed by atoms with Crippen molar-refractivity contribution in [1.29, 1.82) is 0 Å². The van der Waals surface area contributed by atoms with E-state index in [1.54, 1.807) is 0 Å². The van der Waals surface area contributed by atoms with E-state index in [2.05, 4.69) is 12.5 Å². The molecule has 0 saturated heterocycles. The number of aliphatic carboxylic acids is 1. The van der Waals surface area contributed by atoms with Gasteiger partial charge in [-0.05, 0) is 13.0 Å². The third-order valence-electron chi connectivity index (χ3n) is 0.690. The Morgan fingerprint density at radius 3 is 2.09 bits per heavy atom. The molecule has 0 aliphatic carbocycles. The number of terminal acetylenes is 1. The normalized spacial score (nSPS) is 12.9. The molecule has 0 spiro atoms. The standard InChI is InChI=1S/C6H8O.C2H4O2/c1-4-6(3,7)5-2;1-2(3)4/h1,5,7H,2H2,3H3;1H3,(H,3,4). The Morgan fingerprint density at radius 2 is 2.09 bits per heavy atom. The van der Waals surface area contributed by atoms with Crippen LogP contribution in [0.1, 0.15) is 13.8 Å². The molecular weight excluding hydrogens is 144 g/mol. The summed E-state index contributed by atoms with van der Waals surface area (Å²) in [5.41, 5.74) is -1.12. The minimum absolute atomic E-state index is 0.833. The molecule has 2 N–H and O–H groups in total. The minimum Gasteiger partial charge on any atom is -0.481 e. The summed E-state index contributed by atoms with van der Waals surface area (Å²) in [7, 11) is 0. The van der Waals surface area contributed by atoms with Crippen LogP contribution in [-0.4, -0.2) is 21.8 Å². The van der Waals surface area contributed by atoms with Crippen LogP contribution in [0, 0.1) is 12.3 Å². The van der Waals surface area contributed by atoms with Crippen molar-refractivity contribution in [2.75, 3.05) is 0 Å². The Hall–Kier alpha value is -1.27. The fraction of sp³-hybridized carbons (Fsp3) is 0.375. The molecule has 0 aliphatic heterocycles. The van der Waals surface area contributed by atoms with Gasteiger partial charge in [0.15, 0.2) is 0 Å². The van der Waals surface area contributed by atoms with E-state index in [-0.39, 0.29) is 0 Å². The SMILES string of the molecule is C#CC(C)(O)C=C.CC(=O)O. The maximum atomic E-state index is 9.00. The van der Waals surface area contributed by atoms with Gasteiger partial charge in [0.1, 0.15) is 5.60 Å². The highest BCUT2D eigenvalue weighted by atomic mass is 16.4. The molecule has 0 bridgehead atoms. The molecule has 0 aromatic carbocycles. The lowest BCUT2D eigenvalue weighted by molar-refractivity contribution is -0.134. The topological polar surface area (TPSA) is 57.5 Å². The Bertz CT molecular complexity index is 170. The van der Waals surface area contributed by atoms with Gasteiger partial charge in [-0.15, -0.1) is 6.42 Å². The zero-order valence-corrected chi connectivity index (χ0v) is 6.66. The maximum Gasteiger partial charge on any atom is 0.300 e. The van der Waals surface area contributed by atoms with Crippen molar-refractivity contribution in [3.05, 3.63) is 12.7 Å². The summed E-state index contributed by atoms with van der Waals surface area (Å²) in [5, 5.41) is 16.2. The average Bonchev–Trinajstić information content (AvgIpc) is 1.87. The summed E-state index contributed by atoms with van der Waals surface area (Å²) in [6.45, 7) is 5.89. The number of carbonyl (C=O) groups is 1. The molecule has 62 valence electrons. The third-order valence-corrected chi connectivity index (χ3v) is 0.690. The van der Waals surface area contributed by atoms with Crippen molar-refractivity contribution < 1.29 is 15.0 Å². The second-order valence-corrected chi connectivity index (χ2v) is 2.02. The average molecular weight is 156 g/mol. The van der Waals surface area contributed by atoms with E-state index in [1.807, 2.05) is 0 Å². The smallest absolute Gasteiger partial charge is 0.300 e. The van der Waals surface area contributed by atoms with Crippen LogP contribution >= 0.6 is 0 Å². The maximum absolute atomic E-state index is 9.00. The zero-order valence-electron chi connectivity index (χ0n) is 6.66. The fourth-order valence-electron chi connectivity index (χ4n) is 0.0589. The number of carboxylic acid groups (broad SMARTS) is 1. The first-order chi connectivity index (χ1) is 4.85. The largest absolute Gasteiger partial charge is 0.481 e. The second kappa shape index (κ2) is 5.51. The van der Waals surface area contributed by atoms with Gasteiger partial charge in [0.25, 0.3) is 5.97 Å². The van der Waals surface area contributed by atoms with E-state index in [1.165, 1.54) is 13.0 Å². The van der Waals surface area contributed by atoms with E-state index in [4.69, 9.17) is 21.4 Å². The quantitative estimate of drug-likeness (QED) is 0.433. The number of rotatable bonds is 1. The van der Waals surface area contributed by atoms with Crippen LogP contribution in [-0.2, 0) is 4.79 Å². The minimum atomic E-state index is -1.12. The predicted molar refractivity (Wildman–Crippen MR) is 43.0 cm³/mol. The van der Waals surface area contributed by atoms with Gasteiger partial charge in [-0.3, -0.25) is 4.79 Å². The molecule has 1 unspecified atom stereocenters. The summed E-state index contributed by atoms with van der Waals surface area (Å²) >= 11 is 0. The molecule has 0 aromatic rings. The van der Waals surface area contributed by atoms with Crippen LogP contribution in [0.2, 0.25) is 0 Å². The molecule has 0 aliphatic rings. The van der Waals surface area contributed by atoms with Gasteiger partial charge in [-0.2, -0.15) is 0 Å². The van der Waals surface area contributed by atoms with E-state index in [0.29, 0.717) is 0 Å². The Balaban J connectivity index is 0. The van der Waals surface area contributed by atoms with Crippen molar-refractivity contribution >= 4 is 5.97 Å². The first kappa shape index (κ1) is 12.4. The predicted octanol–water partition coefficient (Wildman–Crippen LogP) is 0.647. The van der Waals surface area contributed by atoms with Gasteiger partial charge in [-0.25, -0.2) is 0 Å². The van der Waals surface area contributed by atoms with Crippen molar-refractivity contribution in [2.45, 2.75) is 19.4 Å². The fourth-order valence-corrected chi connectivity index (χ4v) is 0.0589. The molecule has 0 heterocycles. The molecular formula is C8H12O3. The first-order valence-electron chi connectivity index (χ1n) is 2.89. The van der Waals surface area contributed by atoms with Crippen LogP contribution in [0.5, 0.6) is 0 Å². The van der Waals surface area contributed by atoms with E-state index in [0.717, 1.165) is 6.92 Å². The van der Waals surface area contributed by atoms with Crippen molar-refractivity contribution in [3.8, 4) is 12.3 Å². The molecule has 3 nitrogen and oxygen atoms in total. The van der Waals surface area contributed by atoms with Gasteiger partial charge < -0.3 is 10.2 Å². The molecule has 0 radical (unpaired) electrons. The summed E-state index contributed by atoms with van der Waals surface area (Å²) in [6.07, 6.45) is 6.16. The molecule has 0 aromatic heterocycles. The number of aliphatic hydroxyl groups is 1. The Labute approximate surface area is 66.4 Å². The van der Waals surface area contributed by atoms with Crippen LogP contribution in [0.15, 0.2) is 12.7 Å². The van der Waals surface area contributed by atoms with Crippen LogP contribution in [0.4, 0.5) is 0 Å². The molecule has 11 heavy (non-hydrogen) atoms. The van der Waals surface area contributed by atoms with Crippen molar-refractivity contribution in [3.63, 3.8) is 0 Å². The van der Waals surface area contributed by atoms with Gasteiger partial charge in [-0.1, -0.05) is 12.5 Å². The lowest BCUT2D eigenvalue weighted by Gasteiger charge is -2.06. The second-order valence-electron chi connectivity index (χ2n) is 2.02. The van der Waals surface area contributed by atoms with E-state index in [9.17, 15) is 0 Å². The van der Waals surface area contributed by atoms with Gasteiger partial charge in [0.05, 0.1) is 0 Å². The lowest BCUT2D eigenvalue weighted by atomic mass is 10.1. The van der Waals surface area contributed by atoms with E-state index >= 15 is 0 Å². The van der Waals surface area contributed by atoms with Gasteiger partial charge in [0, 0.05) is 6.92 Å². The molecule has 0 fully saturated rings. The number of hydrogen-bond acceptors (Lipinski definition) is 2. The van der Waals surface area contributed by atoms with Gasteiger partial charge in [0.2, 0.25) is 0 Å². The number of hydrogen-bond donors (Lipinski definition) is 2. The van der Waals surface area contributed by atoms with Crippen LogP contribution in [0.3, 0.4) is 0 Å². The van der Waals surface area contributed by atoms with Crippen molar-refractivity contribution in [1.82, 2.24) is 0 Å². The molecule has 3 heteroatoms.